The average molecular weight is 841 g/mol. The molecule has 6 aliphatic rings. The minimum Gasteiger partial charge on any atom is -0.487 e. The van der Waals surface area contributed by atoms with Crippen molar-refractivity contribution >= 4 is 37.2 Å². The van der Waals surface area contributed by atoms with Gasteiger partial charge in [-0.25, -0.2) is 14.4 Å². The Morgan fingerprint density at radius 1 is 0.883 bits per heavy atom. The van der Waals surface area contributed by atoms with E-state index < -0.39 is 77.7 Å². The van der Waals surface area contributed by atoms with Crippen molar-refractivity contribution in [3.63, 3.8) is 0 Å². The number of ether oxygens (including phenoxy) is 5. The molecule has 16 nitrogen and oxygen atoms in total. The Kier molecular flexibility index (Phi) is 11.9. The molecule has 1 aromatic carbocycles. The van der Waals surface area contributed by atoms with Crippen molar-refractivity contribution in [3.8, 4) is 11.5 Å². The van der Waals surface area contributed by atoms with Gasteiger partial charge in [-0.1, -0.05) is 19.9 Å². The Bertz CT molecular complexity index is 1880. The number of nitrogens with zero attached hydrogens (tertiary/aromatic N) is 1. The van der Waals surface area contributed by atoms with Gasteiger partial charge in [-0.15, -0.1) is 0 Å². The molecule has 6 fully saturated rings. The van der Waals surface area contributed by atoms with E-state index in [9.17, 15) is 24.0 Å². The van der Waals surface area contributed by atoms with Gasteiger partial charge in [-0.2, -0.15) is 0 Å². The number of rotatable bonds is 12. The van der Waals surface area contributed by atoms with Gasteiger partial charge in [0.15, 0.2) is 5.75 Å². The third kappa shape index (κ3) is 9.83. The zero-order valence-corrected chi connectivity index (χ0v) is 37.6. The van der Waals surface area contributed by atoms with E-state index >= 15 is 0 Å². The predicted octanol–water partition coefficient (Wildman–Crippen LogP) is 5.49. The maximum atomic E-state index is 14.2. The summed E-state index contributed by atoms with van der Waals surface area (Å²) in [6.07, 6.45) is 0.484. The lowest BCUT2D eigenvalue weighted by molar-refractivity contribution is -0.199. The molecule has 2 aliphatic heterocycles. The molecule has 1 aromatic rings. The van der Waals surface area contributed by atoms with Crippen LogP contribution in [0.3, 0.4) is 0 Å². The number of amides is 3. The van der Waals surface area contributed by atoms with Crippen LogP contribution in [0.25, 0.3) is 0 Å². The van der Waals surface area contributed by atoms with Crippen LogP contribution in [-0.4, -0.2) is 108 Å². The second-order valence-corrected chi connectivity index (χ2v) is 21.3. The molecule has 4 aliphatic carbocycles. The lowest BCUT2D eigenvalue weighted by Gasteiger charge is -2.64. The van der Waals surface area contributed by atoms with Crippen molar-refractivity contribution in [2.24, 2.45) is 23.0 Å². The molecule has 3 amide bonds. The Balaban J connectivity index is 1.25. The van der Waals surface area contributed by atoms with E-state index in [0.29, 0.717) is 23.8 Å². The molecule has 332 valence electrons. The number of carbonyl (C=O) groups excluding carboxylic acids is 5. The van der Waals surface area contributed by atoms with Gasteiger partial charge in [0, 0.05) is 25.5 Å². The molecular weight excluding hydrogens is 775 g/mol. The summed E-state index contributed by atoms with van der Waals surface area (Å²) in [5.41, 5.74) is 1.46. The van der Waals surface area contributed by atoms with E-state index in [-0.39, 0.29) is 60.0 Å². The highest BCUT2D eigenvalue weighted by atomic mass is 16.7. The normalized spacial score (nSPS) is 28.1. The number of hydrogen-bond acceptors (Lipinski definition) is 13. The first-order chi connectivity index (χ1) is 27.5. The van der Waals surface area contributed by atoms with Gasteiger partial charge in [0.05, 0.1) is 18.2 Å². The van der Waals surface area contributed by atoms with Gasteiger partial charge in [0.1, 0.15) is 39.8 Å². The van der Waals surface area contributed by atoms with E-state index in [4.69, 9.17) is 38.7 Å². The molecule has 2 saturated heterocycles. The lowest BCUT2D eigenvalue weighted by Crippen LogP contribution is -2.67. The quantitative estimate of drug-likeness (QED) is 0.103. The summed E-state index contributed by atoms with van der Waals surface area (Å²) in [6, 6.07) is 3.49. The number of alkyl carbamates (subject to hydrolysis) is 1. The standard InChI is InChI=1S/C43H65BN4O12/c1-38(2,3)56-34(50)32-28(54-24-20-48(21-24)22-42(12,35(51)46-19-31(45)49)47-36(52)57-39(4,5)6)15-14-25(33(32)55-37(53)58-40(7,8)9)26-18-27(26)44-59-30-17-23-16-29(41(23,10)11)43(30,13)60-44/h14-15,23-24,26-27,29-30H,16-22H2,1-13H3,(H2,45,49)(H,46,51)(H,47,52)/t23-,26?,27?,29-,30?,42+,43-/m0/s1. The van der Waals surface area contributed by atoms with Crippen LogP contribution >= 0.6 is 0 Å². The van der Waals surface area contributed by atoms with Crippen molar-refractivity contribution in [3.05, 3.63) is 23.3 Å². The van der Waals surface area contributed by atoms with E-state index in [1.807, 2.05) is 4.90 Å². The Morgan fingerprint density at radius 3 is 2.10 bits per heavy atom. The van der Waals surface area contributed by atoms with Gasteiger partial charge in [0.25, 0.3) is 0 Å². The summed E-state index contributed by atoms with van der Waals surface area (Å²) in [7, 11) is -0.454. The van der Waals surface area contributed by atoms with E-state index in [1.54, 1.807) is 74.4 Å². The zero-order chi connectivity index (χ0) is 44.5. The number of benzene rings is 1. The van der Waals surface area contributed by atoms with Crippen molar-refractivity contribution in [1.82, 2.24) is 15.5 Å². The minimum absolute atomic E-state index is 0.00337. The van der Waals surface area contributed by atoms with E-state index in [0.717, 1.165) is 12.8 Å². The third-order valence-electron chi connectivity index (χ3n) is 12.3. The molecule has 7 rings (SSSR count). The molecule has 17 heteroatoms. The molecule has 4 saturated carbocycles. The number of carbonyl (C=O) groups is 5. The van der Waals surface area contributed by atoms with Crippen LogP contribution in [0.2, 0.25) is 5.82 Å². The summed E-state index contributed by atoms with van der Waals surface area (Å²) in [4.78, 5) is 67.1. The zero-order valence-electron chi connectivity index (χ0n) is 37.6. The number of hydrogen-bond donors (Lipinski definition) is 3. The van der Waals surface area contributed by atoms with Crippen LogP contribution in [0.4, 0.5) is 9.59 Å². The Hall–Kier alpha value is -4.09. The summed E-state index contributed by atoms with van der Waals surface area (Å²) in [5.74, 6) is -1.21. The van der Waals surface area contributed by atoms with Crippen LogP contribution in [0, 0.1) is 17.3 Å². The lowest BCUT2D eigenvalue weighted by atomic mass is 9.43. The summed E-state index contributed by atoms with van der Waals surface area (Å²) >= 11 is 0. The molecule has 3 unspecified atom stereocenters. The van der Waals surface area contributed by atoms with Crippen LogP contribution < -0.4 is 25.8 Å². The molecule has 2 heterocycles. The smallest absolute Gasteiger partial charge is 0.487 e. The molecular formula is C43H65BN4O12. The molecule has 7 atom stereocenters. The van der Waals surface area contributed by atoms with Crippen molar-refractivity contribution in [1.29, 1.82) is 0 Å². The van der Waals surface area contributed by atoms with Crippen molar-refractivity contribution in [2.75, 3.05) is 26.2 Å². The fourth-order valence-corrected chi connectivity index (χ4v) is 9.33. The maximum Gasteiger partial charge on any atom is 0.514 e. The SMILES string of the molecule is CC(C)(C)OC(=O)N[C@](C)(CN1CC(Oc2ccc(C3CC3B3OC4C[C@@H]5C[C@@H](C5(C)C)[C@]4(C)O3)c(OC(=O)OC(C)(C)C)c2C(=O)OC(C)(C)C)C1)C(=O)NCC(N)=O. The molecule has 0 radical (unpaired) electrons. The minimum atomic E-state index is -1.53. The van der Waals surface area contributed by atoms with Gasteiger partial charge in [-0.3, -0.25) is 14.5 Å². The van der Waals surface area contributed by atoms with Gasteiger partial charge in [-0.05, 0) is 130 Å². The number of primary amides is 1. The largest absolute Gasteiger partial charge is 0.514 e. The number of nitrogens with one attached hydrogen (secondary N) is 2. The van der Waals surface area contributed by atoms with Crippen LogP contribution in [0.15, 0.2) is 12.1 Å². The second-order valence-electron chi connectivity index (χ2n) is 21.3. The van der Waals surface area contributed by atoms with Gasteiger partial charge in [0.2, 0.25) is 11.8 Å². The van der Waals surface area contributed by atoms with E-state index in [1.165, 1.54) is 6.92 Å². The fourth-order valence-electron chi connectivity index (χ4n) is 9.33. The summed E-state index contributed by atoms with van der Waals surface area (Å²) in [5, 5.41) is 5.12. The fraction of sp³-hybridized carbons (Fsp3) is 0.744. The monoisotopic (exact) mass is 840 g/mol. The predicted molar refractivity (Wildman–Crippen MR) is 221 cm³/mol. The number of esters is 1. The first kappa shape index (κ1) is 45.4. The Labute approximate surface area is 354 Å². The first-order valence-corrected chi connectivity index (χ1v) is 21.1. The topological polar surface area (TPSA) is 203 Å². The van der Waals surface area contributed by atoms with Crippen LogP contribution in [-0.2, 0) is 33.1 Å². The third-order valence-corrected chi connectivity index (χ3v) is 12.3. The van der Waals surface area contributed by atoms with E-state index in [2.05, 4.69) is 31.4 Å². The van der Waals surface area contributed by atoms with Crippen molar-refractivity contribution < 1.29 is 57.0 Å². The van der Waals surface area contributed by atoms with Gasteiger partial charge < -0.3 is 49.4 Å². The molecule has 0 aromatic heterocycles. The van der Waals surface area contributed by atoms with Gasteiger partial charge >= 0.3 is 25.3 Å². The maximum absolute atomic E-state index is 14.2. The van der Waals surface area contributed by atoms with Crippen LogP contribution in [0.1, 0.15) is 131 Å². The summed E-state index contributed by atoms with van der Waals surface area (Å²) < 4.78 is 42.8. The highest BCUT2D eigenvalue weighted by Gasteiger charge is 2.70. The number of nitrogens with two attached hydrogens (primary N) is 1. The molecule has 2 bridgehead atoms. The van der Waals surface area contributed by atoms with Crippen LogP contribution in [0.5, 0.6) is 11.5 Å². The molecule has 0 spiro atoms. The highest BCUT2D eigenvalue weighted by molar-refractivity contribution is 6.49. The second kappa shape index (κ2) is 15.7. The van der Waals surface area contributed by atoms with Crippen molar-refractivity contribution in [2.45, 2.75) is 161 Å². The Morgan fingerprint density at radius 2 is 1.52 bits per heavy atom. The molecule has 60 heavy (non-hydrogen) atoms. The highest BCUT2D eigenvalue weighted by Crippen LogP contribution is 2.68. The number of likely N-dealkylation sites (tertiary alicyclic amines) is 1. The average Bonchev–Trinajstić information content (AvgIpc) is 3.76. The first-order valence-electron chi connectivity index (χ1n) is 21.1. The molecule has 4 N–H and O–H groups in total. The summed E-state index contributed by atoms with van der Waals surface area (Å²) in [6.45, 7) is 24.0.